The summed E-state index contributed by atoms with van der Waals surface area (Å²) in [6.07, 6.45) is 0. The predicted molar refractivity (Wildman–Crippen MR) is 68.6 cm³/mol. The van der Waals surface area contributed by atoms with E-state index in [0.29, 0.717) is 23.1 Å². The second-order valence-electron chi connectivity index (χ2n) is 3.01. The van der Waals surface area contributed by atoms with E-state index in [0.717, 1.165) is 5.56 Å². The third-order valence-electron chi connectivity index (χ3n) is 1.76. The summed E-state index contributed by atoms with van der Waals surface area (Å²) in [6, 6.07) is 9.06. The van der Waals surface area contributed by atoms with E-state index in [1.165, 1.54) is 0 Å². The van der Waals surface area contributed by atoms with Crippen LogP contribution in [0.4, 0.5) is 0 Å². The van der Waals surface area contributed by atoms with Crippen molar-refractivity contribution in [3.05, 3.63) is 35.9 Å². The number of nitrogens with zero attached hydrogens (tertiary/aromatic N) is 1. The van der Waals surface area contributed by atoms with Gasteiger partial charge in [0.05, 0.1) is 11.5 Å². The average Bonchev–Trinajstić information content (AvgIpc) is 2.29. The van der Waals surface area contributed by atoms with Crippen LogP contribution in [0, 0.1) is 0 Å². The fourth-order valence-corrected chi connectivity index (χ4v) is 2.33. The van der Waals surface area contributed by atoms with Crippen molar-refractivity contribution in [3.8, 4) is 0 Å². The summed E-state index contributed by atoms with van der Waals surface area (Å²) < 4.78 is 30.0. The first kappa shape index (κ1) is 14.0. The van der Waals surface area contributed by atoms with E-state index in [9.17, 15) is 8.42 Å². The minimum absolute atomic E-state index is 0.0306. The van der Waals surface area contributed by atoms with Crippen LogP contribution >= 0.6 is 10.8 Å². The quantitative estimate of drug-likeness (QED) is 0.372. The lowest BCUT2D eigenvalue weighted by atomic mass is 10.1. The molecule has 94 valence electrons. The Bertz CT molecular complexity index is 470. The molecule has 0 saturated heterocycles. The summed E-state index contributed by atoms with van der Waals surface area (Å²) in [5, 5.41) is 3.84. The minimum atomic E-state index is -4.07. The molecule has 1 rings (SSSR count). The van der Waals surface area contributed by atoms with Crippen LogP contribution in [0.1, 0.15) is 12.5 Å². The van der Waals surface area contributed by atoms with Gasteiger partial charge in [-0.15, -0.1) is 0 Å². The highest BCUT2D eigenvalue weighted by Crippen LogP contribution is 2.13. The van der Waals surface area contributed by atoms with Crippen molar-refractivity contribution >= 4 is 25.7 Å². The van der Waals surface area contributed by atoms with Crippen LogP contribution in [0.3, 0.4) is 0 Å². The number of hydrogen-bond donors (Lipinski definition) is 1. The van der Waals surface area contributed by atoms with Crippen molar-refractivity contribution in [2.75, 3.05) is 12.4 Å². The zero-order valence-electron chi connectivity index (χ0n) is 9.24. The molecule has 1 aromatic rings. The summed E-state index contributed by atoms with van der Waals surface area (Å²) in [5.74, 6) is 0.0306. The number of hydrogen-bond acceptors (Lipinski definition) is 5. The SMILES string of the molecule is CCO/N=C(/CSS(=O)(=O)O)c1ccccc1. The Labute approximate surface area is 104 Å². The molecule has 0 unspecified atom stereocenters. The number of benzene rings is 1. The first-order valence-electron chi connectivity index (χ1n) is 4.89. The van der Waals surface area contributed by atoms with Gasteiger partial charge in [0.25, 0.3) is 0 Å². The van der Waals surface area contributed by atoms with Crippen LogP contribution in [0.5, 0.6) is 0 Å². The van der Waals surface area contributed by atoms with E-state index in [-0.39, 0.29) is 5.75 Å². The van der Waals surface area contributed by atoms with E-state index >= 15 is 0 Å². The topological polar surface area (TPSA) is 76.0 Å². The molecule has 0 aliphatic carbocycles. The lowest BCUT2D eigenvalue weighted by Gasteiger charge is -2.04. The van der Waals surface area contributed by atoms with Gasteiger partial charge in [-0.25, -0.2) is 0 Å². The van der Waals surface area contributed by atoms with Gasteiger partial charge in [0.1, 0.15) is 6.61 Å². The third kappa shape index (κ3) is 5.71. The molecular weight excluding hydrogens is 262 g/mol. The molecule has 0 aliphatic heterocycles. The first-order valence-corrected chi connectivity index (χ1v) is 7.83. The highest BCUT2D eigenvalue weighted by Gasteiger charge is 2.11. The van der Waals surface area contributed by atoms with Gasteiger partial charge >= 0.3 is 9.15 Å². The van der Waals surface area contributed by atoms with Crippen LogP contribution in [0.25, 0.3) is 0 Å². The lowest BCUT2D eigenvalue weighted by Crippen LogP contribution is -2.07. The van der Waals surface area contributed by atoms with E-state index in [1.807, 2.05) is 18.2 Å². The van der Waals surface area contributed by atoms with E-state index in [1.54, 1.807) is 19.1 Å². The van der Waals surface area contributed by atoms with Crippen molar-refractivity contribution in [1.82, 2.24) is 0 Å². The first-order chi connectivity index (χ1) is 8.03. The molecule has 1 N–H and O–H groups in total. The molecular formula is C10H13NO4S2. The van der Waals surface area contributed by atoms with Gasteiger partial charge in [0.15, 0.2) is 0 Å². The van der Waals surface area contributed by atoms with Gasteiger partial charge in [-0.3, -0.25) is 4.55 Å². The van der Waals surface area contributed by atoms with Crippen molar-refractivity contribution < 1.29 is 17.8 Å². The van der Waals surface area contributed by atoms with E-state index < -0.39 is 9.15 Å². The molecule has 17 heavy (non-hydrogen) atoms. The average molecular weight is 275 g/mol. The fraction of sp³-hybridized carbons (Fsp3) is 0.300. The van der Waals surface area contributed by atoms with Crippen LogP contribution < -0.4 is 0 Å². The highest BCUT2D eigenvalue weighted by molar-refractivity contribution is 8.70. The Kier molecular flexibility index (Phi) is 5.46. The second-order valence-corrected chi connectivity index (χ2v) is 6.36. The van der Waals surface area contributed by atoms with Gasteiger partial charge in [0, 0.05) is 16.4 Å². The number of oxime groups is 1. The largest absolute Gasteiger partial charge is 0.396 e. The van der Waals surface area contributed by atoms with Gasteiger partial charge in [0.2, 0.25) is 0 Å². The molecule has 1 aromatic carbocycles. The Morgan fingerprint density at radius 3 is 2.59 bits per heavy atom. The highest BCUT2D eigenvalue weighted by atomic mass is 33.1. The summed E-state index contributed by atoms with van der Waals surface area (Å²) >= 11 is 0. The van der Waals surface area contributed by atoms with Crippen molar-refractivity contribution in [2.45, 2.75) is 6.92 Å². The molecule has 0 saturated carbocycles. The maximum atomic E-state index is 10.7. The van der Waals surface area contributed by atoms with Gasteiger partial charge in [-0.1, -0.05) is 35.5 Å². The lowest BCUT2D eigenvalue weighted by molar-refractivity contribution is 0.159. The molecule has 0 heterocycles. The molecule has 0 bridgehead atoms. The number of rotatable bonds is 6. The zero-order valence-corrected chi connectivity index (χ0v) is 10.9. The van der Waals surface area contributed by atoms with E-state index in [2.05, 4.69) is 5.16 Å². The molecule has 0 radical (unpaired) electrons. The zero-order chi connectivity index (χ0) is 12.7. The van der Waals surface area contributed by atoms with Gasteiger partial charge < -0.3 is 4.84 Å². The standard InChI is InChI=1S/C10H13NO4S2/c1-2-15-11-10(8-16-17(12,13)14)9-6-4-3-5-7-9/h3-7H,2,8H2,1H3,(H,12,13,14)/b11-10-. The Hall–Kier alpha value is -1.05. The van der Waals surface area contributed by atoms with Gasteiger partial charge in [-0.2, -0.15) is 8.42 Å². The second kappa shape index (κ2) is 6.63. The predicted octanol–water partition coefficient (Wildman–Crippen LogP) is 1.96. The van der Waals surface area contributed by atoms with Crippen LogP contribution in [-0.2, 0) is 14.0 Å². The summed E-state index contributed by atoms with van der Waals surface area (Å²) in [7, 11) is -3.67. The maximum Gasteiger partial charge on any atom is 0.320 e. The monoisotopic (exact) mass is 275 g/mol. The molecule has 0 spiro atoms. The molecule has 0 fully saturated rings. The molecule has 7 heteroatoms. The molecule has 0 amide bonds. The van der Waals surface area contributed by atoms with Crippen molar-refractivity contribution in [1.29, 1.82) is 0 Å². The molecule has 0 atom stereocenters. The van der Waals surface area contributed by atoms with Gasteiger partial charge in [-0.05, 0) is 6.92 Å². The van der Waals surface area contributed by atoms with Crippen LogP contribution in [0.15, 0.2) is 35.5 Å². The van der Waals surface area contributed by atoms with Crippen LogP contribution in [0.2, 0.25) is 0 Å². The Morgan fingerprint density at radius 1 is 1.41 bits per heavy atom. The smallest absolute Gasteiger partial charge is 0.320 e. The van der Waals surface area contributed by atoms with Crippen molar-refractivity contribution in [3.63, 3.8) is 0 Å². The minimum Gasteiger partial charge on any atom is -0.396 e. The Balaban J connectivity index is 2.82. The van der Waals surface area contributed by atoms with Crippen LogP contribution in [-0.4, -0.2) is 31.0 Å². The molecule has 5 nitrogen and oxygen atoms in total. The van der Waals surface area contributed by atoms with E-state index in [4.69, 9.17) is 9.39 Å². The normalized spacial score (nSPS) is 12.5. The maximum absolute atomic E-state index is 10.7. The fourth-order valence-electron chi connectivity index (χ4n) is 1.07. The van der Waals surface area contributed by atoms with Crippen molar-refractivity contribution in [2.24, 2.45) is 5.16 Å². The Morgan fingerprint density at radius 2 is 2.06 bits per heavy atom. The molecule has 0 aromatic heterocycles. The summed E-state index contributed by atoms with van der Waals surface area (Å²) in [4.78, 5) is 4.91. The summed E-state index contributed by atoms with van der Waals surface area (Å²) in [6.45, 7) is 2.18. The third-order valence-corrected chi connectivity index (χ3v) is 3.69. The summed E-state index contributed by atoms with van der Waals surface area (Å²) in [5.41, 5.74) is 1.23. The molecule has 0 aliphatic rings.